The quantitative estimate of drug-likeness (QED) is 0.241. The molecule has 2 saturated heterocycles. The van der Waals surface area contributed by atoms with Crippen molar-refractivity contribution in [3.8, 4) is 0 Å². The van der Waals surface area contributed by atoms with Crippen LogP contribution in [0.3, 0.4) is 0 Å². The third-order valence-corrected chi connectivity index (χ3v) is 10.8. The zero-order valence-electron chi connectivity index (χ0n) is 26.2. The number of likely N-dealkylation sites (tertiary alicyclic amines) is 1. The minimum atomic E-state index is -3.84. The number of ketones is 1. The third-order valence-electron chi connectivity index (χ3n) is 8.87. The average Bonchev–Trinajstić information content (AvgIpc) is 3.58. The molecule has 2 aliphatic carbocycles. The molecule has 0 aromatic rings. The summed E-state index contributed by atoms with van der Waals surface area (Å²) in [4.78, 5) is 65.8. The van der Waals surface area contributed by atoms with Crippen molar-refractivity contribution < 1.29 is 36.8 Å². The lowest BCUT2D eigenvalue weighted by atomic mass is 9.83. The van der Waals surface area contributed by atoms with Crippen LogP contribution in [-0.2, 0) is 29.2 Å². The van der Waals surface area contributed by atoms with Gasteiger partial charge in [0, 0.05) is 25.7 Å². The van der Waals surface area contributed by atoms with E-state index in [0.29, 0.717) is 38.5 Å². The number of carbonyl (C=O) groups excluding carboxylic acids is 5. The lowest BCUT2D eigenvalue weighted by Gasteiger charge is -2.44. The second-order valence-electron chi connectivity index (χ2n) is 14.3. The maximum absolute atomic E-state index is 14.1. The van der Waals surface area contributed by atoms with Crippen LogP contribution in [0.5, 0.6) is 0 Å². The molecule has 4 aliphatic rings. The van der Waals surface area contributed by atoms with Crippen LogP contribution in [0.4, 0.5) is 9.18 Å². The predicted octanol–water partition coefficient (Wildman–Crippen LogP) is 0.732. The number of amides is 5. The zero-order chi connectivity index (χ0) is 32.5. The Balaban J connectivity index is 1.40. The molecule has 0 radical (unpaired) electrons. The van der Waals surface area contributed by atoms with E-state index in [9.17, 15) is 36.8 Å². The van der Waals surface area contributed by atoms with Crippen molar-refractivity contribution in [3.05, 3.63) is 0 Å². The number of rotatable bonds is 11. The highest BCUT2D eigenvalue weighted by atomic mass is 32.2. The number of hydrogen-bond acceptors (Lipinski definition) is 7. The monoisotopic (exact) mass is 642 g/mol. The van der Waals surface area contributed by atoms with Gasteiger partial charge in [0.25, 0.3) is 5.91 Å². The molecule has 248 valence electrons. The van der Waals surface area contributed by atoms with Crippen molar-refractivity contribution in [1.82, 2.24) is 30.5 Å². The summed E-state index contributed by atoms with van der Waals surface area (Å²) in [5.41, 5.74) is -3.41. The van der Waals surface area contributed by atoms with Gasteiger partial charge < -0.3 is 26.2 Å². The van der Waals surface area contributed by atoms with Crippen LogP contribution in [0, 0.1) is 5.41 Å². The van der Waals surface area contributed by atoms with Crippen LogP contribution in [0.2, 0.25) is 0 Å². The lowest BCUT2D eigenvalue weighted by molar-refractivity contribution is -0.142. The zero-order valence-corrected chi connectivity index (χ0v) is 27.0. The standard InChI is InChI=1S/C29H47FN6O7S/c1-27(2,3)22(25(40)36-14-8-9-20(36)23(38)31-15-21(37)24(39)32-19-10-11-19)33-26(41)34-29(12-6-5-7-13-29)18-44(42,43)35-16-28(4,30)17-35/h19-20,22H,5-18H2,1-4H3,(H,31,38)(H,32,39)(H2,33,34,41)/t20-,22+/m0/s1. The van der Waals surface area contributed by atoms with Crippen molar-refractivity contribution in [2.24, 2.45) is 5.41 Å². The van der Waals surface area contributed by atoms with E-state index in [0.717, 1.165) is 23.6 Å². The maximum atomic E-state index is 14.1. The highest BCUT2D eigenvalue weighted by Crippen LogP contribution is 2.34. The number of nitrogens with zero attached hydrogens (tertiary/aromatic N) is 2. The number of urea groups is 1. The fourth-order valence-corrected chi connectivity index (χ4v) is 8.42. The Morgan fingerprint density at radius 3 is 2.18 bits per heavy atom. The van der Waals surface area contributed by atoms with Gasteiger partial charge in [0.2, 0.25) is 27.6 Å². The van der Waals surface area contributed by atoms with Crippen LogP contribution >= 0.6 is 0 Å². The van der Waals surface area contributed by atoms with Gasteiger partial charge in [-0.3, -0.25) is 19.2 Å². The van der Waals surface area contributed by atoms with E-state index in [-0.39, 0.29) is 31.4 Å². The number of hydrogen-bond donors (Lipinski definition) is 4. The molecule has 0 aromatic carbocycles. The summed E-state index contributed by atoms with van der Waals surface area (Å²) in [6.45, 7) is 6.04. The molecule has 0 bridgehead atoms. The number of Topliss-reactive ketones (excluding diaryl/α,β-unsaturated/α-hetero) is 1. The number of carbonyl (C=O) groups is 5. The van der Waals surface area contributed by atoms with Gasteiger partial charge in [-0.15, -0.1) is 0 Å². The van der Waals surface area contributed by atoms with E-state index in [1.807, 2.05) is 0 Å². The molecule has 0 unspecified atom stereocenters. The number of halogens is 1. The van der Waals surface area contributed by atoms with Gasteiger partial charge in [-0.1, -0.05) is 40.0 Å². The Kier molecular flexibility index (Phi) is 9.98. The van der Waals surface area contributed by atoms with Crippen LogP contribution < -0.4 is 21.3 Å². The first-order valence-electron chi connectivity index (χ1n) is 15.6. The summed E-state index contributed by atoms with van der Waals surface area (Å²) in [5, 5.41) is 10.7. The molecular formula is C29H47FN6O7S. The van der Waals surface area contributed by atoms with Gasteiger partial charge in [-0.25, -0.2) is 17.6 Å². The minimum absolute atomic E-state index is 0.00904. The van der Waals surface area contributed by atoms with Crippen LogP contribution in [-0.4, -0.2) is 108 Å². The highest BCUT2D eigenvalue weighted by Gasteiger charge is 2.49. The van der Waals surface area contributed by atoms with Gasteiger partial charge in [0.05, 0.1) is 17.8 Å². The molecular weight excluding hydrogens is 595 g/mol. The van der Waals surface area contributed by atoms with Crippen LogP contribution in [0.1, 0.15) is 85.5 Å². The van der Waals surface area contributed by atoms with Gasteiger partial charge in [-0.2, -0.15) is 4.31 Å². The minimum Gasteiger partial charge on any atom is -0.347 e. The fourth-order valence-electron chi connectivity index (χ4n) is 6.24. The molecule has 2 atom stereocenters. The van der Waals surface area contributed by atoms with Gasteiger partial charge in [-0.05, 0) is 50.9 Å². The molecule has 2 saturated carbocycles. The fraction of sp³-hybridized carbons (Fsp3) is 0.828. The van der Waals surface area contributed by atoms with Crippen LogP contribution in [0.15, 0.2) is 0 Å². The molecule has 5 amide bonds. The first-order valence-corrected chi connectivity index (χ1v) is 17.2. The van der Waals surface area contributed by atoms with Gasteiger partial charge in [0.1, 0.15) is 17.8 Å². The average molecular weight is 643 g/mol. The highest BCUT2D eigenvalue weighted by molar-refractivity contribution is 7.89. The van der Waals surface area contributed by atoms with E-state index in [1.165, 1.54) is 11.8 Å². The van der Waals surface area contributed by atoms with E-state index < -0.39 is 74.8 Å². The van der Waals surface area contributed by atoms with E-state index in [1.54, 1.807) is 20.8 Å². The topological polar surface area (TPSA) is 174 Å². The summed E-state index contributed by atoms with van der Waals surface area (Å²) in [6, 6.07) is -2.61. The second kappa shape index (κ2) is 12.9. The van der Waals surface area contributed by atoms with Crippen molar-refractivity contribution in [3.63, 3.8) is 0 Å². The molecule has 15 heteroatoms. The Morgan fingerprint density at radius 2 is 1.61 bits per heavy atom. The molecule has 44 heavy (non-hydrogen) atoms. The third kappa shape index (κ3) is 8.46. The van der Waals surface area contributed by atoms with Crippen molar-refractivity contribution in [2.75, 3.05) is 31.9 Å². The smallest absolute Gasteiger partial charge is 0.315 e. The largest absolute Gasteiger partial charge is 0.347 e. The van der Waals surface area contributed by atoms with E-state index in [2.05, 4.69) is 21.3 Å². The Labute approximate surface area is 258 Å². The van der Waals surface area contributed by atoms with Crippen molar-refractivity contribution in [1.29, 1.82) is 0 Å². The molecule has 4 fully saturated rings. The molecule has 2 heterocycles. The SMILES string of the molecule is CC1(F)CN(S(=O)(=O)CC2(NC(=O)N[C@H](C(=O)N3CCC[C@H]3C(=O)NCC(=O)C(=O)NC3CC3)C(C)(C)C)CCCCC2)C1. The Bertz CT molecular complexity index is 1250. The molecule has 0 spiro atoms. The lowest BCUT2D eigenvalue weighted by Crippen LogP contribution is -2.65. The first-order chi connectivity index (χ1) is 20.4. The Morgan fingerprint density at radius 1 is 0.977 bits per heavy atom. The maximum Gasteiger partial charge on any atom is 0.315 e. The molecule has 4 rings (SSSR count). The van der Waals surface area contributed by atoms with Gasteiger partial charge >= 0.3 is 6.03 Å². The van der Waals surface area contributed by atoms with E-state index in [4.69, 9.17) is 0 Å². The predicted molar refractivity (Wildman–Crippen MR) is 160 cm³/mol. The number of nitrogens with one attached hydrogen (secondary N) is 4. The Hall–Kier alpha value is -2.81. The summed E-state index contributed by atoms with van der Waals surface area (Å²) in [7, 11) is -3.84. The normalized spacial score (nSPS) is 24.0. The molecule has 13 nitrogen and oxygen atoms in total. The van der Waals surface area contributed by atoms with Crippen molar-refractivity contribution >= 4 is 39.6 Å². The van der Waals surface area contributed by atoms with Crippen LogP contribution in [0.25, 0.3) is 0 Å². The molecule has 4 N–H and O–H groups in total. The second-order valence-corrected chi connectivity index (χ2v) is 16.2. The summed E-state index contributed by atoms with van der Waals surface area (Å²) >= 11 is 0. The molecule has 0 aromatic heterocycles. The number of sulfonamides is 1. The van der Waals surface area contributed by atoms with Gasteiger partial charge in [0.15, 0.2) is 0 Å². The summed E-state index contributed by atoms with van der Waals surface area (Å²) < 4.78 is 41.5. The summed E-state index contributed by atoms with van der Waals surface area (Å²) in [5.74, 6) is -2.90. The number of alkyl halides is 1. The first kappa shape index (κ1) is 34.1. The molecule has 2 aliphatic heterocycles. The van der Waals surface area contributed by atoms with E-state index >= 15 is 0 Å². The summed E-state index contributed by atoms with van der Waals surface area (Å²) in [6.07, 6.45) is 5.74. The van der Waals surface area contributed by atoms with Crippen molar-refractivity contribution in [2.45, 2.75) is 115 Å².